The van der Waals surface area contributed by atoms with Crippen LogP contribution in [0.1, 0.15) is 164 Å². The number of fused-ring (bicyclic) bond motifs is 1. The Balaban J connectivity index is 1.64. The predicted octanol–water partition coefficient (Wildman–Crippen LogP) is 11.0. The fourth-order valence-electron chi connectivity index (χ4n) is 8.05. The van der Waals surface area contributed by atoms with Gasteiger partial charge >= 0.3 is 11.9 Å². The van der Waals surface area contributed by atoms with Crippen LogP contribution in [0.4, 0.5) is 0 Å². The minimum atomic E-state index is -1.14. The van der Waals surface area contributed by atoms with Gasteiger partial charge in [0.1, 0.15) is 17.9 Å². The van der Waals surface area contributed by atoms with Gasteiger partial charge in [-0.15, -0.1) is 0 Å². The number of rotatable bonds is 31. The van der Waals surface area contributed by atoms with Gasteiger partial charge in [0.15, 0.2) is 0 Å². The fourth-order valence-corrected chi connectivity index (χ4v) is 8.05. The Morgan fingerprint density at radius 3 is 2.03 bits per heavy atom. The lowest BCUT2D eigenvalue weighted by molar-refractivity contribution is -0.164. The van der Waals surface area contributed by atoms with Crippen LogP contribution in [-0.2, 0) is 23.9 Å². The highest BCUT2D eigenvalue weighted by Gasteiger charge is 2.43. The molecule has 4 N–H and O–H groups in total. The number of carboxylic acid groups (broad SMARTS) is 1. The number of Topliss-reactive ketones (excluding diaryl/α,β-unsaturated/α-hetero) is 1. The SMILES string of the molecule is CC/C=C\C/C=C\C/C=C\C/C=C\C/C=C\CCCC(=O)CCCCCC(NC(=O)C[C@H](O)C[C@@H](O)CC[C@@H]1C2C(=C[C@H](C)CC2OC(=O)C(C)(C)CC)C=C[C@@H]1C)C(=O)O. The second-order valence-electron chi connectivity index (χ2n) is 18.0. The molecule has 9 heteroatoms. The maximum atomic E-state index is 13.1. The number of hydrogen-bond acceptors (Lipinski definition) is 7. The van der Waals surface area contributed by atoms with E-state index in [0.29, 0.717) is 51.4 Å². The number of carbonyl (C=O) groups is 4. The molecule has 0 radical (unpaired) electrons. The molecule has 0 heterocycles. The average Bonchev–Trinajstić information content (AvgIpc) is 3.20. The summed E-state index contributed by atoms with van der Waals surface area (Å²) in [6.45, 7) is 12.2. The van der Waals surface area contributed by atoms with Gasteiger partial charge < -0.3 is 25.4 Å². The first kappa shape index (κ1) is 53.3. The van der Waals surface area contributed by atoms with E-state index in [1.807, 2.05) is 20.8 Å². The minimum Gasteiger partial charge on any atom is -0.480 e. The van der Waals surface area contributed by atoms with Crippen molar-refractivity contribution in [3.63, 3.8) is 0 Å². The summed E-state index contributed by atoms with van der Waals surface area (Å²) in [5.41, 5.74) is 0.602. The lowest BCUT2D eigenvalue weighted by atomic mass is 9.65. The Labute approximate surface area is 368 Å². The maximum absolute atomic E-state index is 13.1. The number of aliphatic carboxylic acids is 1. The first-order chi connectivity index (χ1) is 29.2. The number of aliphatic hydroxyl groups excluding tert-OH is 2. The summed E-state index contributed by atoms with van der Waals surface area (Å²) in [7, 11) is 0. The lowest BCUT2D eigenvalue weighted by Gasteiger charge is -2.44. The normalized spacial score (nSPS) is 22.2. The smallest absolute Gasteiger partial charge is 0.326 e. The molecule has 0 spiro atoms. The zero-order valence-corrected chi connectivity index (χ0v) is 38.4. The third-order valence-corrected chi connectivity index (χ3v) is 12.2. The molecule has 61 heavy (non-hydrogen) atoms. The summed E-state index contributed by atoms with van der Waals surface area (Å²) >= 11 is 0. The molecule has 0 fully saturated rings. The van der Waals surface area contributed by atoms with Crippen LogP contribution >= 0.6 is 0 Å². The summed E-state index contributed by atoms with van der Waals surface area (Å²) in [6.07, 6.45) is 37.9. The summed E-state index contributed by atoms with van der Waals surface area (Å²) in [5, 5.41) is 33.9. The summed E-state index contributed by atoms with van der Waals surface area (Å²) in [4.78, 5) is 50.1. The first-order valence-electron chi connectivity index (χ1n) is 23.4. The monoisotopic (exact) mass is 848 g/mol. The molecule has 0 saturated carbocycles. The number of carboxylic acids is 1. The Bertz CT molecular complexity index is 1530. The molecule has 0 aromatic rings. The van der Waals surface area contributed by atoms with Crippen molar-refractivity contribution in [1.82, 2.24) is 5.32 Å². The Hall–Kier alpha value is -3.82. The van der Waals surface area contributed by atoms with Crippen LogP contribution in [0.3, 0.4) is 0 Å². The van der Waals surface area contributed by atoms with Crippen LogP contribution in [-0.4, -0.2) is 63.3 Å². The molecule has 2 aliphatic carbocycles. The summed E-state index contributed by atoms with van der Waals surface area (Å²) in [6, 6.07) is -1.09. The molecule has 342 valence electrons. The molecule has 2 aliphatic rings. The molecule has 9 nitrogen and oxygen atoms in total. The van der Waals surface area contributed by atoms with Crippen molar-refractivity contribution in [2.24, 2.45) is 29.1 Å². The Morgan fingerprint density at radius 1 is 0.820 bits per heavy atom. The molecule has 3 unspecified atom stereocenters. The standard InChI is InChI=1S/C52H81NO8/c1-7-9-10-11-12-13-14-15-16-17-18-19-20-21-22-23-25-28-42(54)29-26-24-27-30-46(50(58)59)53-48(57)38-44(56)37-43(55)33-34-45-40(4)31-32-41-35-39(3)36-47(49(41)45)61-51(60)52(5,6)8-2/h9-10,12-13,15-16,18-19,21-22,31-32,35,39-40,43-47,49,55-56H,7-8,11,14,17,20,23-30,33-34,36-38H2,1-6H3,(H,53,57)(H,58,59)/b10-9-,13-12-,16-15-,19-18-,22-21-/t39-,40-,43-,44+,45-,46?,47?,49?/m0/s1. The highest BCUT2D eigenvalue weighted by molar-refractivity contribution is 5.83. The fraction of sp³-hybridized carbons (Fsp3) is 0.654. The molecule has 0 aromatic heterocycles. The highest BCUT2D eigenvalue weighted by atomic mass is 16.5. The third kappa shape index (κ3) is 22.2. The summed E-state index contributed by atoms with van der Waals surface area (Å²) in [5.74, 6) is -1.05. The number of esters is 1. The lowest BCUT2D eigenvalue weighted by Crippen LogP contribution is -2.43. The topological polar surface area (TPSA) is 150 Å². The molecule has 0 aliphatic heterocycles. The van der Waals surface area contributed by atoms with Gasteiger partial charge in [-0.2, -0.15) is 0 Å². The number of unbranched alkanes of at least 4 members (excludes halogenated alkanes) is 3. The third-order valence-electron chi connectivity index (χ3n) is 12.2. The van der Waals surface area contributed by atoms with Crippen molar-refractivity contribution in [2.45, 2.75) is 188 Å². The van der Waals surface area contributed by atoms with E-state index in [-0.39, 0.29) is 60.8 Å². The van der Waals surface area contributed by atoms with E-state index in [2.05, 4.69) is 105 Å². The Kier molecular flexibility index (Phi) is 26.5. The number of ether oxygens (including phenoxy) is 1. The predicted molar refractivity (Wildman–Crippen MR) is 248 cm³/mol. The summed E-state index contributed by atoms with van der Waals surface area (Å²) < 4.78 is 6.20. The van der Waals surface area contributed by atoms with Crippen LogP contribution in [0.2, 0.25) is 0 Å². The van der Waals surface area contributed by atoms with Gasteiger partial charge in [0, 0.05) is 18.8 Å². The van der Waals surface area contributed by atoms with Crippen LogP contribution in [0, 0.1) is 29.1 Å². The van der Waals surface area contributed by atoms with E-state index in [0.717, 1.165) is 51.4 Å². The zero-order valence-electron chi connectivity index (χ0n) is 38.4. The number of carbonyl (C=O) groups excluding carboxylic acids is 3. The number of nitrogens with one attached hydrogen (secondary N) is 1. The molecular weight excluding hydrogens is 767 g/mol. The minimum absolute atomic E-state index is 0.00799. The van der Waals surface area contributed by atoms with Crippen molar-refractivity contribution < 1.29 is 39.2 Å². The van der Waals surface area contributed by atoms with Gasteiger partial charge in [0.2, 0.25) is 5.91 Å². The molecule has 1 amide bonds. The van der Waals surface area contributed by atoms with Gasteiger partial charge in [-0.05, 0) is 127 Å². The quantitative estimate of drug-likeness (QED) is 0.0306. The van der Waals surface area contributed by atoms with E-state index in [1.54, 1.807) is 0 Å². The van der Waals surface area contributed by atoms with Gasteiger partial charge in [0.25, 0.3) is 0 Å². The molecule has 0 aromatic carbocycles. The van der Waals surface area contributed by atoms with Crippen LogP contribution in [0.5, 0.6) is 0 Å². The average molecular weight is 848 g/mol. The molecule has 2 rings (SSSR count). The van der Waals surface area contributed by atoms with E-state index >= 15 is 0 Å². The molecular formula is C52H81NO8. The van der Waals surface area contributed by atoms with Crippen molar-refractivity contribution in [2.75, 3.05) is 0 Å². The molecule has 8 atom stereocenters. The molecule has 0 saturated heterocycles. The van der Waals surface area contributed by atoms with E-state index < -0.39 is 35.5 Å². The first-order valence-corrected chi connectivity index (χ1v) is 23.4. The second-order valence-corrected chi connectivity index (χ2v) is 18.0. The van der Waals surface area contributed by atoms with Crippen LogP contribution in [0.15, 0.2) is 84.6 Å². The van der Waals surface area contributed by atoms with E-state index in [1.165, 1.54) is 5.57 Å². The number of aliphatic hydroxyl groups is 2. The van der Waals surface area contributed by atoms with Crippen LogP contribution in [0.25, 0.3) is 0 Å². The van der Waals surface area contributed by atoms with Crippen molar-refractivity contribution in [3.05, 3.63) is 84.6 Å². The highest BCUT2D eigenvalue weighted by Crippen LogP contribution is 2.45. The number of hydrogen-bond donors (Lipinski definition) is 4. The number of ketones is 1. The van der Waals surface area contributed by atoms with Crippen molar-refractivity contribution in [1.29, 1.82) is 0 Å². The van der Waals surface area contributed by atoms with Gasteiger partial charge in [-0.25, -0.2) is 4.79 Å². The maximum Gasteiger partial charge on any atom is 0.326 e. The van der Waals surface area contributed by atoms with E-state index in [9.17, 15) is 34.5 Å². The van der Waals surface area contributed by atoms with Gasteiger partial charge in [-0.3, -0.25) is 14.4 Å². The van der Waals surface area contributed by atoms with Crippen molar-refractivity contribution >= 4 is 23.6 Å². The number of allylic oxidation sites excluding steroid dienone is 13. The molecule has 0 bridgehead atoms. The van der Waals surface area contributed by atoms with E-state index in [4.69, 9.17) is 4.74 Å². The van der Waals surface area contributed by atoms with Gasteiger partial charge in [0.05, 0.1) is 24.0 Å². The van der Waals surface area contributed by atoms with Crippen molar-refractivity contribution in [3.8, 4) is 0 Å². The zero-order chi connectivity index (χ0) is 45.0. The van der Waals surface area contributed by atoms with Gasteiger partial charge in [-0.1, -0.05) is 120 Å². The number of amides is 1. The Morgan fingerprint density at radius 2 is 1.43 bits per heavy atom. The largest absolute Gasteiger partial charge is 0.480 e. The van der Waals surface area contributed by atoms with Crippen LogP contribution < -0.4 is 5.32 Å². The second kappa shape index (κ2) is 30.3.